The molecular formula is C19H38O. The third-order valence-electron chi connectivity index (χ3n) is 4.09. The Bertz CT molecular complexity index is 188. The van der Waals surface area contributed by atoms with Crippen LogP contribution in [-0.4, -0.2) is 11.2 Å². The summed E-state index contributed by atoms with van der Waals surface area (Å²) in [5, 5.41) is 9.91. The highest BCUT2D eigenvalue weighted by molar-refractivity contribution is 4.65. The van der Waals surface area contributed by atoms with Crippen LogP contribution in [0.5, 0.6) is 0 Å². The molecule has 1 atom stereocenters. The summed E-state index contributed by atoms with van der Waals surface area (Å²) in [6, 6.07) is 0. The first kappa shape index (κ1) is 19.7. The maximum absolute atomic E-state index is 9.91. The van der Waals surface area contributed by atoms with Gasteiger partial charge >= 0.3 is 0 Å². The first-order chi connectivity index (χ1) is 9.81. The minimum absolute atomic E-state index is 0.0399. The van der Waals surface area contributed by atoms with Crippen LogP contribution in [0.2, 0.25) is 0 Å². The third kappa shape index (κ3) is 15.8. The zero-order chi connectivity index (χ0) is 14.9. The molecule has 0 aromatic heterocycles. The van der Waals surface area contributed by atoms with E-state index in [1.54, 1.807) is 0 Å². The van der Waals surface area contributed by atoms with Crippen LogP contribution in [0.3, 0.4) is 0 Å². The normalized spacial score (nSPS) is 12.5. The molecule has 0 saturated heterocycles. The molecule has 0 aliphatic heterocycles. The lowest BCUT2D eigenvalue weighted by Gasteiger charge is -2.10. The van der Waals surface area contributed by atoms with Gasteiger partial charge in [0.1, 0.15) is 0 Å². The van der Waals surface area contributed by atoms with Gasteiger partial charge in [0.05, 0.1) is 6.10 Å². The number of rotatable bonds is 16. The van der Waals surface area contributed by atoms with Crippen LogP contribution in [0.1, 0.15) is 103 Å². The van der Waals surface area contributed by atoms with E-state index in [-0.39, 0.29) is 6.10 Å². The lowest BCUT2D eigenvalue weighted by Crippen LogP contribution is -2.05. The molecule has 0 aromatic rings. The van der Waals surface area contributed by atoms with Crippen LogP contribution < -0.4 is 0 Å². The Labute approximate surface area is 127 Å². The highest BCUT2D eigenvalue weighted by Crippen LogP contribution is 2.14. The first-order valence-corrected chi connectivity index (χ1v) is 9.10. The van der Waals surface area contributed by atoms with Crippen molar-refractivity contribution in [3.63, 3.8) is 0 Å². The quantitative estimate of drug-likeness (QED) is 0.256. The molecule has 0 aliphatic rings. The first-order valence-electron chi connectivity index (χ1n) is 9.10. The lowest BCUT2D eigenvalue weighted by molar-refractivity contribution is 0.147. The maximum Gasteiger partial charge on any atom is 0.0540 e. The molecule has 0 fully saturated rings. The Balaban J connectivity index is 3.12. The average Bonchev–Trinajstić information content (AvgIpc) is 2.45. The minimum Gasteiger partial charge on any atom is -0.393 e. The zero-order valence-electron chi connectivity index (χ0n) is 13.9. The lowest BCUT2D eigenvalue weighted by atomic mass is 10.0. The summed E-state index contributed by atoms with van der Waals surface area (Å²) >= 11 is 0. The average molecular weight is 283 g/mol. The molecule has 0 rings (SSSR count). The maximum atomic E-state index is 9.91. The smallest absolute Gasteiger partial charge is 0.0540 e. The van der Waals surface area contributed by atoms with Gasteiger partial charge in [-0.15, -0.1) is 6.58 Å². The van der Waals surface area contributed by atoms with Crippen LogP contribution >= 0.6 is 0 Å². The predicted molar refractivity (Wildman–Crippen MR) is 91.1 cm³/mol. The van der Waals surface area contributed by atoms with Gasteiger partial charge in [-0.05, 0) is 25.7 Å². The largest absolute Gasteiger partial charge is 0.393 e. The summed E-state index contributed by atoms with van der Waals surface area (Å²) in [6.07, 6.45) is 20.9. The van der Waals surface area contributed by atoms with Crippen molar-refractivity contribution in [1.82, 2.24) is 0 Å². The molecule has 1 heteroatoms. The van der Waals surface area contributed by atoms with Crippen LogP contribution in [0.4, 0.5) is 0 Å². The fraction of sp³-hybridized carbons (Fsp3) is 0.895. The summed E-state index contributed by atoms with van der Waals surface area (Å²) in [4.78, 5) is 0. The van der Waals surface area contributed by atoms with E-state index in [0.29, 0.717) is 0 Å². The van der Waals surface area contributed by atoms with E-state index < -0.39 is 0 Å². The second-order valence-electron chi connectivity index (χ2n) is 6.20. The topological polar surface area (TPSA) is 20.2 Å². The van der Waals surface area contributed by atoms with Gasteiger partial charge in [-0.2, -0.15) is 0 Å². The summed E-state index contributed by atoms with van der Waals surface area (Å²) < 4.78 is 0. The molecule has 1 N–H and O–H groups in total. The Morgan fingerprint density at radius 1 is 0.750 bits per heavy atom. The SMILES string of the molecule is C=CCCCCCCCC[C@H](O)CCCCCCCC. The van der Waals surface area contributed by atoms with Gasteiger partial charge in [0, 0.05) is 0 Å². The molecule has 20 heavy (non-hydrogen) atoms. The highest BCUT2D eigenvalue weighted by atomic mass is 16.3. The Hall–Kier alpha value is -0.300. The Kier molecular flexibility index (Phi) is 16.5. The molecule has 0 aromatic carbocycles. The Morgan fingerprint density at radius 3 is 1.70 bits per heavy atom. The number of unbranched alkanes of at least 4 members (excludes halogenated alkanes) is 11. The fourth-order valence-electron chi connectivity index (χ4n) is 2.68. The molecule has 0 spiro atoms. The van der Waals surface area contributed by atoms with Crippen molar-refractivity contribution in [2.75, 3.05) is 0 Å². The van der Waals surface area contributed by atoms with Crippen LogP contribution in [0, 0.1) is 0 Å². The van der Waals surface area contributed by atoms with Crippen molar-refractivity contribution >= 4 is 0 Å². The van der Waals surface area contributed by atoms with Crippen molar-refractivity contribution < 1.29 is 5.11 Å². The van der Waals surface area contributed by atoms with Crippen LogP contribution in [0.25, 0.3) is 0 Å². The van der Waals surface area contributed by atoms with Crippen molar-refractivity contribution in [2.45, 2.75) is 109 Å². The van der Waals surface area contributed by atoms with Crippen molar-refractivity contribution in [3.8, 4) is 0 Å². The van der Waals surface area contributed by atoms with Gasteiger partial charge in [0.2, 0.25) is 0 Å². The van der Waals surface area contributed by atoms with Crippen molar-refractivity contribution in [1.29, 1.82) is 0 Å². The van der Waals surface area contributed by atoms with Gasteiger partial charge in [-0.1, -0.05) is 83.6 Å². The molecular weight excluding hydrogens is 244 g/mol. The van der Waals surface area contributed by atoms with Crippen molar-refractivity contribution in [2.24, 2.45) is 0 Å². The molecule has 0 bridgehead atoms. The number of aliphatic hydroxyl groups is 1. The van der Waals surface area contributed by atoms with Crippen LogP contribution in [0.15, 0.2) is 12.7 Å². The number of hydrogen-bond acceptors (Lipinski definition) is 1. The highest BCUT2D eigenvalue weighted by Gasteiger charge is 2.03. The van der Waals surface area contributed by atoms with Gasteiger partial charge < -0.3 is 5.11 Å². The van der Waals surface area contributed by atoms with Crippen LogP contribution in [-0.2, 0) is 0 Å². The van der Waals surface area contributed by atoms with E-state index in [2.05, 4.69) is 13.5 Å². The molecule has 1 nitrogen and oxygen atoms in total. The monoisotopic (exact) mass is 282 g/mol. The van der Waals surface area contributed by atoms with Gasteiger partial charge in [-0.25, -0.2) is 0 Å². The minimum atomic E-state index is -0.0399. The molecule has 0 radical (unpaired) electrons. The summed E-state index contributed by atoms with van der Waals surface area (Å²) in [7, 11) is 0. The zero-order valence-corrected chi connectivity index (χ0v) is 13.9. The molecule has 0 aliphatic carbocycles. The van der Waals surface area contributed by atoms with Crippen molar-refractivity contribution in [3.05, 3.63) is 12.7 Å². The third-order valence-corrected chi connectivity index (χ3v) is 4.09. The van der Waals surface area contributed by atoms with E-state index in [0.717, 1.165) is 19.3 Å². The van der Waals surface area contributed by atoms with Gasteiger partial charge in [0.15, 0.2) is 0 Å². The second kappa shape index (κ2) is 16.8. The van der Waals surface area contributed by atoms with E-state index >= 15 is 0 Å². The fourth-order valence-corrected chi connectivity index (χ4v) is 2.68. The van der Waals surface area contributed by atoms with Gasteiger partial charge in [0.25, 0.3) is 0 Å². The van der Waals surface area contributed by atoms with Gasteiger partial charge in [-0.3, -0.25) is 0 Å². The second-order valence-corrected chi connectivity index (χ2v) is 6.20. The molecule has 0 unspecified atom stereocenters. The Morgan fingerprint density at radius 2 is 1.20 bits per heavy atom. The molecule has 0 saturated carbocycles. The van der Waals surface area contributed by atoms with E-state index in [1.165, 1.54) is 77.0 Å². The van der Waals surface area contributed by atoms with E-state index in [1.807, 2.05) is 6.08 Å². The number of aliphatic hydroxyl groups excluding tert-OH is 1. The summed E-state index contributed by atoms with van der Waals surface area (Å²) in [5.74, 6) is 0. The molecule has 0 heterocycles. The summed E-state index contributed by atoms with van der Waals surface area (Å²) in [6.45, 7) is 6.00. The summed E-state index contributed by atoms with van der Waals surface area (Å²) in [5.41, 5.74) is 0. The predicted octanol–water partition coefficient (Wildman–Crippen LogP) is 6.40. The standard InChI is InChI=1S/C19H38O/c1-3-5-7-9-11-12-14-16-18-19(20)17-15-13-10-8-6-4-2/h3,19-20H,1,4-18H2,2H3/t19-/m1/s1. The number of allylic oxidation sites excluding steroid dienone is 1. The molecule has 120 valence electrons. The van der Waals surface area contributed by atoms with E-state index in [4.69, 9.17) is 0 Å². The van der Waals surface area contributed by atoms with E-state index in [9.17, 15) is 5.11 Å². The number of hydrogen-bond donors (Lipinski definition) is 1. The molecule has 0 amide bonds.